The Morgan fingerprint density at radius 1 is 1.59 bits per heavy atom. The van der Waals surface area contributed by atoms with Gasteiger partial charge in [0.15, 0.2) is 9.84 Å². The highest BCUT2D eigenvalue weighted by molar-refractivity contribution is 7.91. The van der Waals surface area contributed by atoms with Crippen LogP contribution in [0.2, 0.25) is 0 Å². The molecule has 2 unspecified atom stereocenters. The van der Waals surface area contributed by atoms with Crippen LogP contribution in [-0.4, -0.2) is 35.0 Å². The molecule has 0 aromatic carbocycles. The first-order valence-corrected chi connectivity index (χ1v) is 7.59. The Hall–Kier alpha value is -0.880. The summed E-state index contributed by atoms with van der Waals surface area (Å²) < 4.78 is 25.0. The van der Waals surface area contributed by atoms with E-state index in [4.69, 9.17) is 0 Å². The van der Waals surface area contributed by atoms with Crippen molar-refractivity contribution in [2.75, 3.05) is 11.5 Å². The summed E-state index contributed by atoms with van der Waals surface area (Å²) in [5, 5.41) is 3.39. The second kappa shape index (κ2) is 4.10. The molecule has 1 N–H and O–H groups in total. The summed E-state index contributed by atoms with van der Waals surface area (Å²) in [6.45, 7) is 3.98. The Labute approximate surface area is 102 Å². The topological polar surface area (TPSA) is 64.0 Å². The van der Waals surface area contributed by atoms with Crippen molar-refractivity contribution in [3.8, 4) is 0 Å². The average molecular weight is 257 g/mol. The van der Waals surface area contributed by atoms with E-state index in [9.17, 15) is 8.42 Å². The van der Waals surface area contributed by atoms with Crippen LogP contribution in [0, 0.1) is 0 Å². The molecule has 1 aromatic heterocycles. The molecule has 1 saturated heterocycles. The van der Waals surface area contributed by atoms with Gasteiger partial charge < -0.3 is 9.88 Å². The minimum Gasteiger partial charge on any atom is -0.337 e. The van der Waals surface area contributed by atoms with Crippen molar-refractivity contribution in [2.45, 2.75) is 31.8 Å². The van der Waals surface area contributed by atoms with Crippen molar-refractivity contribution in [3.05, 3.63) is 18.2 Å². The summed E-state index contributed by atoms with van der Waals surface area (Å²) in [4.78, 5) is 4.28. The maximum atomic E-state index is 11.5. The normalized spacial score (nSPS) is 29.4. The van der Waals surface area contributed by atoms with Crippen LogP contribution in [0.3, 0.4) is 0 Å². The SMILES string of the molecule is CC(NC1(C)CCS(=O)(=O)C1)c1nccn1C. The number of sulfone groups is 1. The van der Waals surface area contributed by atoms with E-state index in [1.54, 1.807) is 6.20 Å². The minimum absolute atomic E-state index is 0.0494. The molecule has 0 bridgehead atoms. The Balaban J connectivity index is 2.10. The lowest BCUT2D eigenvalue weighted by atomic mass is 10.0. The first kappa shape index (κ1) is 12.6. The van der Waals surface area contributed by atoms with Gasteiger partial charge in [-0.05, 0) is 20.3 Å². The first-order valence-electron chi connectivity index (χ1n) is 5.77. The van der Waals surface area contributed by atoms with Gasteiger partial charge in [0.2, 0.25) is 0 Å². The van der Waals surface area contributed by atoms with Crippen LogP contribution in [0.4, 0.5) is 0 Å². The van der Waals surface area contributed by atoms with Crippen LogP contribution in [0.15, 0.2) is 12.4 Å². The predicted molar refractivity (Wildman–Crippen MR) is 66.4 cm³/mol. The monoisotopic (exact) mass is 257 g/mol. The van der Waals surface area contributed by atoms with E-state index >= 15 is 0 Å². The fraction of sp³-hybridized carbons (Fsp3) is 0.727. The van der Waals surface area contributed by atoms with E-state index in [-0.39, 0.29) is 23.1 Å². The fourth-order valence-electron chi connectivity index (χ4n) is 2.51. The third kappa shape index (κ3) is 2.69. The van der Waals surface area contributed by atoms with Gasteiger partial charge >= 0.3 is 0 Å². The zero-order chi connectivity index (χ0) is 12.7. The van der Waals surface area contributed by atoms with Crippen molar-refractivity contribution in [2.24, 2.45) is 7.05 Å². The Kier molecular flexibility index (Phi) is 3.03. The van der Waals surface area contributed by atoms with E-state index in [1.165, 1.54) is 0 Å². The molecule has 0 spiro atoms. The summed E-state index contributed by atoms with van der Waals surface area (Å²) in [5.41, 5.74) is -0.329. The molecule has 96 valence electrons. The van der Waals surface area contributed by atoms with Crippen LogP contribution in [-0.2, 0) is 16.9 Å². The van der Waals surface area contributed by atoms with Gasteiger partial charge in [-0.2, -0.15) is 0 Å². The number of imidazole rings is 1. The predicted octanol–water partition coefficient (Wildman–Crippen LogP) is 0.648. The molecule has 0 saturated carbocycles. The van der Waals surface area contributed by atoms with Gasteiger partial charge in [0, 0.05) is 25.0 Å². The molecule has 6 heteroatoms. The summed E-state index contributed by atoms with van der Waals surface area (Å²) in [7, 11) is -0.929. The molecule has 1 aromatic rings. The molecule has 0 radical (unpaired) electrons. The molecular weight excluding hydrogens is 238 g/mol. The molecule has 2 rings (SSSR count). The van der Waals surface area contributed by atoms with Crippen molar-refractivity contribution in [1.29, 1.82) is 0 Å². The second-order valence-electron chi connectivity index (χ2n) is 5.17. The molecule has 0 amide bonds. The molecule has 2 heterocycles. The maximum absolute atomic E-state index is 11.5. The number of hydrogen-bond donors (Lipinski definition) is 1. The zero-order valence-corrected chi connectivity index (χ0v) is 11.3. The first-order chi connectivity index (χ1) is 7.81. The Morgan fingerprint density at radius 2 is 2.29 bits per heavy atom. The van der Waals surface area contributed by atoms with Gasteiger partial charge in [0.1, 0.15) is 5.82 Å². The van der Waals surface area contributed by atoms with E-state index in [0.717, 1.165) is 5.82 Å². The molecule has 2 atom stereocenters. The number of aryl methyl sites for hydroxylation is 1. The standard InChI is InChI=1S/C11H19N3O2S/c1-9(10-12-5-6-14(10)3)13-11(2)4-7-17(15,16)8-11/h5-6,9,13H,4,7-8H2,1-3H3. The van der Waals surface area contributed by atoms with E-state index in [2.05, 4.69) is 10.3 Å². The fourth-order valence-corrected chi connectivity index (χ4v) is 4.61. The van der Waals surface area contributed by atoms with Crippen LogP contribution in [0.5, 0.6) is 0 Å². The largest absolute Gasteiger partial charge is 0.337 e. The molecule has 17 heavy (non-hydrogen) atoms. The van der Waals surface area contributed by atoms with E-state index in [0.29, 0.717) is 6.42 Å². The Morgan fingerprint density at radius 3 is 2.76 bits per heavy atom. The highest BCUT2D eigenvalue weighted by Gasteiger charge is 2.39. The molecule has 1 fully saturated rings. The van der Waals surface area contributed by atoms with Crippen molar-refractivity contribution in [1.82, 2.24) is 14.9 Å². The van der Waals surface area contributed by atoms with Crippen LogP contribution < -0.4 is 5.32 Å². The van der Waals surface area contributed by atoms with Gasteiger partial charge in [-0.25, -0.2) is 13.4 Å². The highest BCUT2D eigenvalue weighted by Crippen LogP contribution is 2.26. The molecule has 5 nitrogen and oxygen atoms in total. The molecule has 0 aliphatic carbocycles. The minimum atomic E-state index is -2.87. The van der Waals surface area contributed by atoms with Gasteiger partial charge in [-0.1, -0.05) is 0 Å². The van der Waals surface area contributed by atoms with Gasteiger partial charge in [-0.3, -0.25) is 0 Å². The Bertz CT molecular complexity index is 509. The number of hydrogen-bond acceptors (Lipinski definition) is 4. The van der Waals surface area contributed by atoms with Crippen LogP contribution in [0.1, 0.15) is 32.1 Å². The summed E-state index contributed by atoms with van der Waals surface area (Å²) in [6.07, 6.45) is 4.31. The van der Waals surface area contributed by atoms with Gasteiger partial charge in [-0.15, -0.1) is 0 Å². The number of nitrogens with zero attached hydrogens (tertiary/aromatic N) is 2. The molecule has 1 aliphatic rings. The van der Waals surface area contributed by atoms with Gasteiger partial charge in [0.25, 0.3) is 0 Å². The molecular formula is C11H19N3O2S. The number of rotatable bonds is 3. The summed E-state index contributed by atoms with van der Waals surface area (Å²) in [5.74, 6) is 1.42. The third-order valence-corrected chi connectivity index (χ3v) is 5.22. The lowest BCUT2D eigenvalue weighted by Crippen LogP contribution is -2.45. The van der Waals surface area contributed by atoms with Crippen LogP contribution in [0.25, 0.3) is 0 Å². The quantitative estimate of drug-likeness (QED) is 0.863. The maximum Gasteiger partial charge on any atom is 0.152 e. The van der Waals surface area contributed by atoms with Gasteiger partial charge in [0.05, 0.1) is 17.5 Å². The summed E-state index contributed by atoms with van der Waals surface area (Å²) in [6, 6.07) is 0.0494. The average Bonchev–Trinajstić information content (AvgIpc) is 2.70. The van der Waals surface area contributed by atoms with E-state index < -0.39 is 9.84 Å². The van der Waals surface area contributed by atoms with Crippen molar-refractivity contribution >= 4 is 9.84 Å². The second-order valence-corrected chi connectivity index (χ2v) is 7.35. The van der Waals surface area contributed by atoms with E-state index in [1.807, 2.05) is 31.7 Å². The van der Waals surface area contributed by atoms with Crippen molar-refractivity contribution in [3.63, 3.8) is 0 Å². The molecule has 1 aliphatic heterocycles. The smallest absolute Gasteiger partial charge is 0.152 e. The number of nitrogens with one attached hydrogen (secondary N) is 1. The van der Waals surface area contributed by atoms with Crippen molar-refractivity contribution < 1.29 is 8.42 Å². The number of aromatic nitrogens is 2. The van der Waals surface area contributed by atoms with Crippen LogP contribution >= 0.6 is 0 Å². The lowest BCUT2D eigenvalue weighted by molar-refractivity contribution is 0.344. The lowest BCUT2D eigenvalue weighted by Gasteiger charge is -2.28. The third-order valence-electron chi connectivity index (χ3n) is 3.31. The summed E-state index contributed by atoms with van der Waals surface area (Å²) >= 11 is 0. The highest BCUT2D eigenvalue weighted by atomic mass is 32.2. The zero-order valence-electron chi connectivity index (χ0n) is 10.5.